The molecule has 7 nitrogen and oxygen atoms in total. The number of carbonyl (C=O) groups excluding carboxylic acids is 1. The summed E-state index contributed by atoms with van der Waals surface area (Å²) in [5.41, 5.74) is 6.78. The van der Waals surface area contributed by atoms with Gasteiger partial charge in [-0.05, 0) is 18.9 Å². The molecule has 132 valence electrons. The molecule has 0 fully saturated rings. The first-order chi connectivity index (χ1) is 11.2. The van der Waals surface area contributed by atoms with Gasteiger partial charge in [-0.25, -0.2) is 0 Å². The van der Waals surface area contributed by atoms with Gasteiger partial charge in [-0.2, -0.15) is 4.98 Å². The fourth-order valence-electron chi connectivity index (χ4n) is 2.14. The van der Waals surface area contributed by atoms with Gasteiger partial charge in [0.1, 0.15) is 13.2 Å². The minimum absolute atomic E-state index is 0. The van der Waals surface area contributed by atoms with E-state index in [1.165, 1.54) is 5.56 Å². The van der Waals surface area contributed by atoms with Gasteiger partial charge in [0.25, 0.3) is 5.89 Å². The molecular weight excluding hydrogens is 332 g/mol. The van der Waals surface area contributed by atoms with Crippen LogP contribution in [-0.2, 0) is 22.6 Å². The molecule has 1 aromatic carbocycles. The number of benzene rings is 1. The largest absolute Gasteiger partial charge is 0.362 e. The molecule has 0 saturated carbocycles. The van der Waals surface area contributed by atoms with Gasteiger partial charge in [0, 0.05) is 19.6 Å². The molecule has 8 heteroatoms. The van der Waals surface area contributed by atoms with Gasteiger partial charge in [0.15, 0.2) is 5.82 Å². The maximum absolute atomic E-state index is 12.2. The highest BCUT2D eigenvalue weighted by Crippen LogP contribution is 2.03. The van der Waals surface area contributed by atoms with Crippen molar-refractivity contribution in [2.75, 3.05) is 26.2 Å². The van der Waals surface area contributed by atoms with E-state index >= 15 is 0 Å². The Morgan fingerprint density at radius 2 is 2.04 bits per heavy atom. The second-order valence-corrected chi connectivity index (χ2v) is 5.13. The highest BCUT2D eigenvalue weighted by Gasteiger charge is 2.13. The van der Waals surface area contributed by atoms with Crippen LogP contribution < -0.4 is 5.73 Å². The number of rotatable bonds is 9. The molecule has 2 aromatic rings. The van der Waals surface area contributed by atoms with E-state index in [-0.39, 0.29) is 31.5 Å². The lowest BCUT2D eigenvalue weighted by molar-refractivity contribution is -0.136. The molecule has 0 atom stereocenters. The third-order valence-electron chi connectivity index (χ3n) is 3.29. The van der Waals surface area contributed by atoms with Crippen LogP contribution in [0, 0.1) is 6.92 Å². The summed E-state index contributed by atoms with van der Waals surface area (Å²) < 4.78 is 10.3. The van der Waals surface area contributed by atoms with E-state index in [4.69, 9.17) is 15.0 Å². The first kappa shape index (κ1) is 20.1. The monoisotopic (exact) mass is 354 g/mol. The number of carbonyl (C=O) groups is 1. The summed E-state index contributed by atoms with van der Waals surface area (Å²) in [6.07, 6.45) is 0.787. The topological polar surface area (TPSA) is 94.5 Å². The summed E-state index contributed by atoms with van der Waals surface area (Å²) in [5.74, 6) is 0.815. The van der Waals surface area contributed by atoms with Crippen LogP contribution in [0.1, 0.15) is 17.3 Å². The summed E-state index contributed by atoms with van der Waals surface area (Å²) in [7, 11) is 0. The van der Waals surface area contributed by atoms with Crippen molar-refractivity contribution in [2.24, 2.45) is 5.73 Å². The molecule has 2 rings (SSSR count). The predicted molar refractivity (Wildman–Crippen MR) is 91.7 cm³/mol. The van der Waals surface area contributed by atoms with Crippen molar-refractivity contribution in [1.29, 1.82) is 0 Å². The van der Waals surface area contributed by atoms with Crippen LogP contribution in [0.4, 0.5) is 0 Å². The summed E-state index contributed by atoms with van der Waals surface area (Å²) in [4.78, 5) is 18.0. The Kier molecular flexibility index (Phi) is 8.99. The zero-order valence-electron chi connectivity index (χ0n) is 13.7. The van der Waals surface area contributed by atoms with Crippen LogP contribution in [0.2, 0.25) is 0 Å². The maximum atomic E-state index is 12.2. The Morgan fingerprint density at radius 3 is 2.67 bits per heavy atom. The average molecular weight is 355 g/mol. The molecular formula is C16H23ClN4O3. The van der Waals surface area contributed by atoms with Gasteiger partial charge in [-0.3, -0.25) is 4.79 Å². The standard InChI is InChI=1S/C16H22N4O3.ClH/c1-13-18-15(23-19-13)11-22-12-16(21)20(10-8-17)9-7-14-5-3-2-4-6-14;/h2-6H,7-12,17H2,1H3;1H. The van der Waals surface area contributed by atoms with Gasteiger partial charge in [0.05, 0.1) is 0 Å². The molecule has 0 aliphatic carbocycles. The van der Waals surface area contributed by atoms with Gasteiger partial charge in [-0.15, -0.1) is 12.4 Å². The highest BCUT2D eigenvalue weighted by molar-refractivity contribution is 5.85. The smallest absolute Gasteiger partial charge is 0.252 e. The third kappa shape index (κ3) is 6.66. The van der Waals surface area contributed by atoms with Crippen molar-refractivity contribution in [1.82, 2.24) is 15.0 Å². The zero-order chi connectivity index (χ0) is 16.5. The van der Waals surface area contributed by atoms with Crippen LogP contribution >= 0.6 is 12.4 Å². The lowest BCUT2D eigenvalue weighted by Crippen LogP contribution is -2.39. The van der Waals surface area contributed by atoms with Gasteiger partial charge in [-0.1, -0.05) is 35.5 Å². The quantitative estimate of drug-likeness (QED) is 0.730. The SMILES string of the molecule is Cc1noc(COCC(=O)N(CCN)CCc2ccccc2)n1.Cl. The molecule has 1 heterocycles. The van der Waals surface area contributed by atoms with E-state index in [1.807, 2.05) is 30.3 Å². The number of amides is 1. The van der Waals surface area contributed by atoms with E-state index in [2.05, 4.69) is 10.1 Å². The Labute approximate surface area is 147 Å². The van der Waals surface area contributed by atoms with Crippen LogP contribution in [-0.4, -0.2) is 47.2 Å². The normalized spacial score (nSPS) is 10.2. The summed E-state index contributed by atoms with van der Waals surface area (Å²) >= 11 is 0. The second-order valence-electron chi connectivity index (χ2n) is 5.13. The molecule has 1 aromatic heterocycles. The van der Waals surface area contributed by atoms with Crippen molar-refractivity contribution in [2.45, 2.75) is 20.0 Å². The number of nitrogens with two attached hydrogens (primary N) is 1. The number of aromatic nitrogens is 2. The molecule has 0 radical (unpaired) electrons. The Bertz CT molecular complexity index is 606. The molecule has 24 heavy (non-hydrogen) atoms. The number of hydrogen-bond donors (Lipinski definition) is 1. The first-order valence-electron chi connectivity index (χ1n) is 7.57. The first-order valence-corrected chi connectivity index (χ1v) is 7.57. The molecule has 0 bridgehead atoms. The fourth-order valence-corrected chi connectivity index (χ4v) is 2.14. The fraction of sp³-hybridized carbons (Fsp3) is 0.438. The van der Waals surface area contributed by atoms with Crippen LogP contribution in [0.15, 0.2) is 34.9 Å². The number of halogens is 1. The van der Waals surface area contributed by atoms with E-state index in [1.54, 1.807) is 11.8 Å². The molecule has 0 aliphatic rings. The molecule has 0 saturated heterocycles. The average Bonchev–Trinajstić information content (AvgIpc) is 2.97. The lowest BCUT2D eigenvalue weighted by atomic mass is 10.1. The maximum Gasteiger partial charge on any atom is 0.252 e. The van der Waals surface area contributed by atoms with Gasteiger partial charge < -0.3 is 19.9 Å². The van der Waals surface area contributed by atoms with E-state index in [0.29, 0.717) is 31.3 Å². The Hall–Kier alpha value is -1.96. The Balaban J connectivity index is 0.00000288. The van der Waals surface area contributed by atoms with Crippen molar-refractivity contribution in [3.05, 3.63) is 47.6 Å². The van der Waals surface area contributed by atoms with Crippen molar-refractivity contribution in [3.8, 4) is 0 Å². The van der Waals surface area contributed by atoms with E-state index < -0.39 is 0 Å². The minimum atomic E-state index is -0.0948. The molecule has 2 N–H and O–H groups in total. The van der Waals surface area contributed by atoms with E-state index in [9.17, 15) is 4.79 Å². The van der Waals surface area contributed by atoms with Crippen molar-refractivity contribution < 1.29 is 14.1 Å². The number of nitrogens with zero attached hydrogens (tertiary/aromatic N) is 3. The van der Waals surface area contributed by atoms with Crippen LogP contribution in [0.5, 0.6) is 0 Å². The molecule has 1 amide bonds. The highest BCUT2D eigenvalue weighted by atomic mass is 35.5. The summed E-state index contributed by atoms with van der Waals surface area (Å²) in [6, 6.07) is 10.0. The number of ether oxygens (including phenoxy) is 1. The van der Waals surface area contributed by atoms with Crippen molar-refractivity contribution in [3.63, 3.8) is 0 Å². The number of hydrogen-bond acceptors (Lipinski definition) is 6. The predicted octanol–water partition coefficient (Wildman–Crippen LogP) is 1.35. The van der Waals surface area contributed by atoms with E-state index in [0.717, 1.165) is 6.42 Å². The third-order valence-corrected chi connectivity index (χ3v) is 3.29. The summed E-state index contributed by atoms with van der Waals surface area (Å²) in [5, 5.41) is 3.66. The Morgan fingerprint density at radius 1 is 1.29 bits per heavy atom. The lowest BCUT2D eigenvalue weighted by Gasteiger charge is -2.22. The molecule has 0 spiro atoms. The van der Waals surface area contributed by atoms with Crippen molar-refractivity contribution >= 4 is 18.3 Å². The molecule has 0 aliphatic heterocycles. The van der Waals surface area contributed by atoms with Gasteiger partial charge in [0.2, 0.25) is 5.91 Å². The number of aryl methyl sites for hydroxylation is 1. The summed E-state index contributed by atoms with van der Waals surface area (Å²) in [6.45, 7) is 3.36. The second kappa shape index (κ2) is 10.7. The molecule has 0 unspecified atom stereocenters. The minimum Gasteiger partial charge on any atom is -0.362 e. The van der Waals surface area contributed by atoms with Gasteiger partial charge >= 0.3 is 0 Å². The van der Waals surface area contributed by atoms with Crippen LogP contribution in [0.25, 0.3) is 0 Å². The zero-order valence-corrected chi connectivity index (χ0v) is 14.5. The van der Waals surface area contributed by atoms with Crippen LogP contribution in [0.3, 0.4) is 0 Å².